The summed E-state index contributed by atoms with van der Waals surface area (Å²) < 4.78 is 0. The summed E-state index contributed by atoms with van der Waals surface area (Å²) in [5.41, 5.74) is 0. The molecular weight excluding hydrogens is 220 g/mol. The molecule has 1 aliphatic carbocycles. The third kappa shape index (κ3) is 3.19. The third-order valence-corrected chi connectivity index (χ3v) is 3.80. The van der Waals surface area contributed by atoms with Crippen molar-refractivity contribution in [2.24, 2.45) is 11.8 Å². The summed E-state index contributed by atoms with van der Waals surface area (Å²) in [7, 11) is 0. The molecule has 0 bridgehead atoms. The number of carboxylic acid groups (broad SMARTS) is 1. The molecular formula is C12H20N2O3. The first-order valence-corrected chi connectivity index (χ1v) is 6.40. The monoisotopic (exact) mass is 240 g/mol. The van der Waals surface area contributed by atoms with Gasteiger partial charge in [-0.25, -0.2) is 0 Å². The first kappa shape index (κ1) is 12.4. The molecule has 1 amide bonds. The van der Waals surface area contributed by atoms with Crippen molar-refractivity contribution >= 4 is 11.9 Å². The van der Waals surface area contributed by atoms with Gasteiger partial charge in [-0.3, -0.25) is 9.59 Å². The highest BCUT2D eigenvalue weighted by Crippen LogP contribution is 2.26. The van der Waals surface area contributed by atoms with Crippen molar-refractivity contribution in [1.29, 1.82) is 0 Å². The predicted octanol–water partition coefficient (Wildman–Crippen LogP) is 0.355. The second-order valence-corrected chi connectivity index (χ2v) is 5.10. The number of piperidine rings is 1. The molecule has 1 heterocycles. The normalized spacial score (nSPS) is 33.3. The standard InChI is InChI=1S/C12H20N2O3/c15-11(9-2-1-5-13-7-9)14-10-4-3-8(6-10)12(16)17/h8-10,13H,1-7H2,(H,14,15)(H,16,17)/t8?,9-,10?/m0/s1. The SMILES string of the molecule is O=C(O)C1CCC(NC(=O)[C@H]2CCCNC2)C1. The van der Waals surface area contributed by atoms with Gasteiger partial charge in [-0.2, -0.15) is 0 Å². The van der Waals surface area contributed by atoms with Crippen LogP contribution in [0.4, 0.5) is 0 Å². The summed E-state index contributed by atoms with van der Waals surface area (Å²) in [5, 5.41) is 15.1. The summed E-state index contributed by atoms with van der Waals surface area (Å²) in [6.45, 7) is 1.75. The number of aliphatic carboxylic acids is 1. The van der Waals surface area contributed by atoms with Crippen molar-refractivity contribution in [2.75, 3.05) is 13.1 Å². The van der Waals surface area contributed by atoms with Gasteiger partial charge in [0.25, 0.3) is 0 Å². The Labute approximate surface area is 101 Å². The van der Waals surface area contributed by atoms with Gasteiger partial charge in [0.2, 0.25) is 5.91 Å². The average molecular weight is 240 g/mol. The van der Waals surface area contributed by atoms with E-state index in [1.54, 1.807) is 0 Å². The maximum Gasteiger partial charge on any atom is 0.306 e. The van der Waals surface area contributed by atoms with Crippen molar-refractivity contribution in [3.8, 4) is 0 Å². The minimum atomic E-state index is -0.735. The highest BCUT2D eigenvalue weighted by atomic mass is 16.4. The lowest BCUT2D eigenvalue weighted by Crippen LogP contribution is -2.43. The molecule has 1 saturated carbocycles. The quantitative estimate of drug-likeness (QED) is 0.665. The van der Waals surface area contributed by atoms with Crippen LogP contribution in [-0.2, 0) is 9.59 Å². The molecule has 3 N–H and O–H groups in total. The molecule has 96 valence electrons. The summed E-state index contributed by atoms with van der Waals surface area (Å²) >= 11 is 0. The number of hydrogen-bond donors (Lipinski definition) is 3. The fourth-order valence-corrected chi connectivity index (χ4v) is 2.73. The van der Waals surface area contributed by atoms with E-state index >= 15 is 0 Å². The van der Waals surface area contributed by atoms with Crippen LogP contribution in [0.3, 0.4) is 0 Å². The lowest BCUT2D eigenvalue weighted by atomic mass is 9.98. The minimum Gasteiger partial charge on any atom is -0.481 e. The van der Waals surface area contributed by atoms with E-state index in [-0.39, 0.29) is 23.8 Å². The number of carbonyl (C=O) groups excluding carboxylic acids is 1. The van der Waals surface area contributed by atoms with Crippen LogP contribution >= 0.6 is 0 Å². The molecule has 0 aromatic carbocycles. The maximum absolute atomic E-state index is 11.9. The molecule has 0 aromatic heterocycles. The summed E-state index contributed by atoms with van der Waals surface area (Å²) in [6, 6.07) is 0.0607. The summed E-state index contributed by atoms with van der Waals surface area (Å²) in [5.74, 6) is -0.855. The van der Waals surface area contributed by atoms with Gasteiger partial charge in [-0.1, -0.05) is 0 Å². The number of carbonyl (C=O) groups is 2. The molecule has 1 saturated heterocycles. The Bertz CT molecular complexity index is 300. The molecule has 2 unspecified atom stereocenters. The summed E-state index contributed by atoms with van der Waals surface area (Å²) in [6.07, 6.45) is 4.04. The first-order chi connectivity index (χ1) is 8.16. The molecule has 2 fully saturated rings. The maximum atomic E-state index is 11.9. The Hall–Kier alpha value is -1.10. The van der Waals surface area contributed by atoms with Gasteiger partial charge in [0, 0.05) is 12.6 Å². The van der Waals surface area contributed by atoms with Gasteiger partial charge in [-0.15, -0.1) is 0 Å². The second kappa shape index (κ2) is 5.49. The van der Waals surface area contributed by atoms with E-state index in [2.05, 4.69) is 10.6 Å². The second-order valence-electron chi connectivity index (χ2n) is 5.10. The average Bonchev–Trinajstić information content (AvgIpc) is 2.79. The highest BCUT2D eigenvalue weighted by Gasteiger charge is 2.32. The van der Waals surface area contributed by atoms with Crippen LogP contribution in [-0.4, -0.2) is 36.1 Å². The first-order valence-electron chi connectivity index (χ1n) is 6.40. The molecule has 2 rings (SSSR count). The number of rotatable bonds is 3. The molecule has 17 heavy (non-hydrogen) atoms. The van der Waals surface area contributed by atoms with E-state index in [0.29, 0.717) is 12.8 Å². The van der Waals surface area contributed by atoms with Gasteiger partial charge in [0.1, 0.15) is 0 Å². The highest BCUT2D eigenvalue weighted by molar-refractivity contribution is 5.79. The van der Waals surface area contributed by atoms with Crippen LogP contribution in [0.25, 0.3) is 0 Å². The number of amides is 1. The molecule has 5 nitrogen and oxygen atoms in total. The third-order valence-electron chi connectivity index (χ3n) is 3.80. The molecule has 0 radical (unpaired) electrons. The Kier molecular flexibility index (Phi) is 3.99. The van der Waals surface area contributed by atoms with E-state index in [1.807, 2.05) is 0 Å². The van der Waals surface area contributed by atoms with Crippen molar-refractivity contribution in [1.82, 2.24) is 10.6 Å². The van der Waals surface area contributed by atoms with Crippen molar-refractivity contribution in [2.45, 2.75) is 38.1 Å². The predicted molar refractivity (Wildman–Crippen MR) is 62.5 cm³/mol. The Morgan fingerprint density at radius 1 is 1.18 bits per heavy atom. The van der Waals surface area contributed by atoms with E-state index in [1.165, 1.54) is 0 Å². The Morgan fingerprint density at radius 3 is 2.59 bits per heavy atom. The van der Waals surface area contributed by atoms with Crippen molar-refractivity contribution < 1.29 is 14.7 Å². The Balaban J connectivity index is 1.77. The van der Waals surface area contributed by atoms with Crippen LogP contribution < -0.4 is 10.6 Å². The van der Waals surface area contributed by atoms with Gasteiger partial charge in [0.15, 0.2) is 0 Å². The van der Waals surface area contributed by atoms with Crippen LogP contribution in [0, 0.1) is 11.8 Å². The summed E-state index contributed by atoms with van der Waals surface area (Å²) in [4.78, 5) is 22.7. The van der Waals surface area contributed by atoms with Gasteiger partial charge >= 0.3 is 5.97 Å². The van der Waals surface area contributed by atoms with Gasteiger partial charge in [0.05, 0.1) is 11.8 Å². The van der Waals surface area contributed by atoms with Crippen LogP contribution in [0.15, 0.2) is 0 Å². The lowest BCUT2D eigenvalue weighted by molar-refractivity contribution is -0.141. The van der Waals surface area contributed by atoms with E-state index in [9.17, 15) is 9.59 Å². The zero-order valence-electron chi connectivity index (χ0n) is 9.95. The fourth-order valence-electron chi connectivity index (χ4n) is 2.73. The van der Waals surface area contributed by atoms with Gasteiger partial charge < -0.3 is 15.7 Å². The van der Waals surface area contributed by atoms with Crippen molar-refractivity contribution in [3.05, 3.63) is 0 Å². The topological polar surface area (TPSA) is 78.4 Å². The van der Waals surface area contributed by atoms with Crippen LogP contribution in [0.5, 0.6) is 0 Å². The number of nitrogens with one attached hydrogen (secondary N) is 2. The largest absolute Gasteiger partial charge is 0.481 e. The lowest BCUT2D eigenvalue weighted by Gasteiger charge is -2.23. The van der Waals surface area contributed by atoms with Crippen molar-refractivity contribution in [3.63, 3.8) is 0 Å². The fraction of sp³-hybridized carbons (Fsp3) is 0.833. The molecule has 0 spiro atoms. The Morgan fingerprint density at radius 2 is 2.00 bits per heavy atom. The number of hydrogen-bond acceptors (Lipinski definition) is 3. The molecule has 2 aliphatic rings. The van der Waals surface area contributed by atoms with E-state index in [0.717, 1.165) is 32.4 Å². The van der Waals surface area contributed by atoms with E-state index in [4.69, 9.17) is 5.11 Å². The van der Waals surface area contributed by atoms with Gasteiger partial charge in [-0.05, 0) is 38.6 Å². The molecule has 3 atom stereocenters. The minimum absolute atomic E-state index is 0.0607. The van der Waals surface area contributed by atoms with Crippen LogP contribution in [0.1, 0.15) is 32.1 Å². The molecule has 5 heteroatoms. The molecule has 1 aliphatic heterocycles. The number of carboxylic acids is 1. The van der Waals surface area contributed by atoms with Crippen LogP contribution in [0.2, 0.25) is 0 Å². The zero-order valence-corrected chi connectivity index (χ0v) is 9.95. The molecule has 0 aromatic rings. The van der Waals surface area contributed by atoms with E-state index < -0.39 is 5.97 Å². The zero-order chi connectivity index (χ0) is 12.3. The smallest absolute Gasteiger partial charge is 0.306 e.